The summed E-state index contributed by atoms with van der Waals surface area (Å²) in [4.78, 5) is 23.4. The summed E-state index contributed by atoms with van der Waals surface area (Å²) >= 11 is 0. The second kappa shape index (κ2) is 7.95. The largest absolute Gasteiger partial charge is 0.324 e. The minimum absolute atomic E-state index is 0.198. The predicted molar refractivity (Wildman–Crippen MR) is 105 cm³/mol. The van der Waals surface area contributed by atoms with Crippen molar-refractivity contribution in [2.24, 2.45) is 0 Å². The van der Waals surface area contributed by atoms with Crippen molar-refractivity contribution >= 4 is 23.2 Å². The summed E-state index contributed by atoms with van der Waals surface area (Å²) in [5, 5.41) is 3.01. The van der Waals surface area contributed by atoms with Gasteiger partial charge in [0.2, 0.25) is 5.95 Å². The van der Waals surface area contributed by atoms with Crippen LogP contribution in [0.5, 0.6) is 0 Å². The number of hydrogen-bond donors (Lipinski definition) is 1. The molecule has 1 N–H and O–H groups in total. The molecule has 1 amide bonds. The van der Waals surface area contributed by atoms with E-state index in [1.54, 1.807) is 30.0 Å². The van der Waals surface area contributed by atoms with Crippen molar-refractivity contribution in [1.82, 2.24) is 9.97 Å². The van der Waals surface area contributed by atoms with Crippen LogP contribution in [-0.4, -0.2) is 22.4 Å². The van der Waals surface area contributed by atoms with E-state index in [0.717, 1.165) is 11.3 Å². The molecule has 0 bridgehead atoms. The molecule has 0 spiro atoms. The highest BCUT2D eigenvalue weighted by Crippen LogP contribution is 2.20. The topological polar surface area (TPSA) is 58.1 Å². The highest BCUT2D eigenvalue weighted by atomic mass is 19.1. The maximum Gasteiger partial charge on any atom is 0.277 e. The first kappa shape index (κ1) is 18.5. The van der Waals surface area contributed by atoms with Gasteiger partial charge in [-0.05, 0) is 68.8 Å². The molecule has 2 aromatic carbocycles. The Hall–Kier alpha value is -3.28. The SMILES string of the molecule is CCN(C(=O)c1cc(C)nc(Nc2ccc(F)cc2)n1)c1cccc(C)c1. The highest BCUT2D eigenvalue weighted by molar-refractivity contribution is 6.05. The van der Waals surface area contributed by atoms with Crippen LogP contribution in [0.25, 0.3) is 0 Å². The van der Waals surface area contributed by atoms with Gasteiger partial charge in [-0.1, -0.05) is 12.1 Å². The number of nitrogens with zero attached hydrogens (tertiary/aromatic N) is 3. The van der Waals surface area contributed by atoms with E-state index in [0.29, 0.717) is 29.6 Å². The van der Waals surface area contributed by atoms with Gasteiger partial charge in [-0.15, -0.1) is 0 Å². The first-order valence-electron chi connectivity index (χ1n) is 8.73. The molecule has 0 aliphatic carbocycles. The van der Waals surface area contributed by atoms with Crippen LogP contribution in [-0.2, 0) is 0 Å². The fraction of sp³-hybridized carbons (Fsp3) is 0.190. The summed E-state index contributed by atoms with van der Waals surface area (Å²) in [5.74, 6) is -0.223. The number of aromatic nitrogens is 2. The number of rotatable bonds is 5. The lowest BCUT2D eigenvalue weighted by Gasteiger charge is -2.21. The monoisotopic (exact) mass is 364 g/mol. The van der Waals surface area contributed by atoms with Crippen LogP contribution in [0, 0.1) is 19.7 Å². The van der Waals surface area contributed by atoms with E-state index in [1.807, 2.05) is 38.1 Å². The predicted octanol–water partition coefficient (Wildman–Crippen LogP) is 4.64. The van der Waals surface area contributed by atoms with Gasteiger partial charge in [0.1, 0.15) is 11.5 Å². The summed E-state index contributed by atoms with van der Waals surface area (Å²) < 4.78 is 13.1. The van der Waals surface area contributed by atoms with Gasteiger partial charge in [-0.2, -0.15) is 0 Å². The summed E-state index contributed by atoms with van der Waals surface area (Å²) in [6, 6.07) is 15.3. The summed E-state index contributed by atoms with van der Waals surface area (Å²) in [5.41, 5.74) is 3.52. The van der Waals surface area contributed by atoms with Crippen molar-refractivity contribution in [3.63, 3.8) is 0 Å². The zero-order valence-corrected chi connectivity index (χ0v) is 15.5. The average molecular weight is 364 g/mol. The number of anilines is 3. The van der Waals surface area contributed by atoms with E-state index in [1.165, 1.54) is 12.1 Å². The second-order valence-corrected chi connectivity index (χ2v) is 6.24. The van der Waals surface area contributed by atoms with Crippen molar-refractivity contribution in [3.05, 3.63) is 77.4 Å². The zero-order chi connectivity index (χ0) is 19.4. The number of carbonyl (C=O) groups excluding carboxylic acids is 1. The molecule has 138 valence electrons. The van der Waals surface area contributed by atoms with Crippen LogP contribution in [0.1, 0.15) is 28.7 Å². The van der Waals surface area contributed by atoms with Gasteiger partial charge >= 0.3 is 0 Å². The summed E-state index contributed by atoms with van der Waals surface area (Å²) in [6.45, 7) is 6.23. The number of halogens is 1. The highest BCUT2D eigenvalue weighted by Gasteiger charge is 2.19. The molecule has 0 radical (unpaired) electrons. The first-order chi connectivity index (χ1) is 13.0. The number of hydrogen-bond acceptors (Lipinski definition) is 4. The van der Waals surface area contributed by atoms with E-state index in [-0.39, 0.29) is 11.7 Å². The Labute approximate surface area is 157 Å². The number of nitrogens with one attached hydrogen (secondary N) is 1. The normalized spacial score (nSPS) is 10.5. The van der Waals surface area contributed by atoms with Crippen LogP contribution in [0.3, 0.4) is 0 Å². The summed E-state index contributed by atoms with van der Waals surface area (Å²) in [7, 11) is 0. The van der Waals surface area contributed by atoms with E-state index < -0.39 is 0 Å². The quantitative estimate of drug-likeness (QED) is 0.716. The lowest BCUT2D eigenvalue weighted by Crippen LogP contribution is -2.31. The van der Waals surface area contributed by atoms with E-state index in [9.17, 15) is 9.18 Å². The first-order valence-corrected chi connectivity index (χ1v) is 8.73. The van der Waals surface area contributed by atoms with Gasteiger partial charge in [-0.3, -0.25) is 4.79 Å². The van der Waals surface area contributed by atoms with Crippen molar-refractivity contribution in [2.75, 3.05) is 16.8 Å². The Morgan fingerprint density at radius 2 is 1.81 bits per heavy atom. The van der Waals surface area contributed by atoms with Crippen molar-refractivity contribution in [3.8, 4) is 0 Å². The third-order valence-electron chi connectivity index (χ3n) is 4.05. The molecule has 0 atom stereocenters. The Kier molecular flexibility index (Phi) is 5.45. The third-order valence-corrected chi connectivity index (χ3v) is 4.05. The standard InChI is InChI=1S/C21H21FN4O/c1-4-26(18-7-5-6-14(2)12-18)20(27)19-13-15(3)23-21(25-19)24-17-10-8-16(22)9-11-17/h5-13H,4H2,1-3H3,(H,23,24,25). The van der Waals surface area contributed by atoms with Crippen molar-refractivity contribution < 1.29 is 9.18 Å². The Morgan fingerprint density at radius 3 is 2.48 bits per heavy atom. The Morgan fingerprint density at radius 1 is 1.07 bits per heavy atom. The minimum atomic E-state index is -0.321. The molecule has 0 saturated heterocycles. The smallest absolute Gasteiger partial charge is 0.277 e. The van der Waals surface area contributed by atoms with Gasteiger partial charge in [0, 0.05) is 23.6 Å². The molecule has 5 nitrogen and oxygen atoms in total. The molecule has 3 rings (SSSR count). The number of amides is 1. The molecular weight excluding hydrogens is 343 g/mol. The van der Waals surface area contributed by atoms with Gasteiger partial charge < -0.3 is 10.2 Å². The van der Waals surface area contributed by atoms with E-state index in [4.69, 9.17) is 0 Å². The average Bonchev–Trinajstić information content (AvgIpc) is 2.64. The molecular formula is C21H21FN4O. The van der Waals surface area contributed by atoms with E-state index >= 15 is 0 Å². The third kappa shape index (κ3) is 4.47. The van der Waals surface area contributed by atoms with Crippen LogP contribution in [0.15, 0.2) is 54.6 Å². The number of benzene rings is 2. The maximum absolute atomic E-state index is 13.1. The van der Waals surface area contributed by atoms with Gasteiger partial charge in [0.15, 0.2) is 0 Å². The Bertz CT molecular complexity index is 957. The fourth-order valence-electron chi connectivity index (χ4n) is 2.77. The van der Waals surface area contributed by atoms with Crippen LogP contribution < -0.4 is 10.2 Å². The van der Waals surface area contributed by atoms with Crippen LogP contribution in [0.4, 0.5) is 21.7 Å². The Balaban J connectivity index is 1.90. The molecule has 27 heavy (non-hydrogen) atoms. The molecule has 1 aromatic heterocycles. The van der Waals surface area contributed by atoms with Gasteiger partial charge in [0.25, 0.3) is 5.91 Å². The molecule has 0 aliphatic heterocycles. The van der Waals surface area contributed by atoms with Gasteiger partial charge in [-0.25, -0.2) is 14.4 Å². The maximum atomic E-state index is 13.1. The van der Waals surface area contributed by atoms with Crippen LogP contribution >= 0.6 is 0 Å². The zero-order valence-electron chi connectivity index (χ0n) is 15.5. The molecule has 1 heterocycles. The molecule has 0 saturated carbocycles. The lowest BCUT2D eigenvalue weighted by atomic mass is 10.2. The number of carbonyl (C=O) groups is 1. The van der Waals surface area contributed by atoms with Crippen molar-refractivity contribution in [1.29, 1.82) is 0 Å². The molecule has 3 aromatic rings. The summed E-state index contributed by atoms with van der Waals surface area (Å²) in [6.07, 6.45) is 0. The van der Waals surface area contributed by atoms with E-state index in [2.05, 4.69) is 15.3 Å². The molecule has 0 unspecified atom stereocenters. The number of aryl methyl sites for hydroxylation is 2. The molecule has 0 aliphatic rings. The van der Waals surface area contributed by atoms with Gasteiger partial charge in [0.05, 0.1) is 0 Å². The lowest BCUT2D eigenvalue weighted by molar-refractivity contribution is 0.0983. The van der Waals surface area contributed by atoms with Crippen LogP contribution in [0.2, 0.25) is 0 Å². The molecule has 0 fully saturated rings. The van der Waals surface area contributed by atoms with Crippen molar-refractivity contribution in [2.45, 2.75) is 20.8 Å². The fourth-order valence-corrected chi connectivity index (χ4v) is 2.77. The second-order valence-electron chi connectivity index (χ2n) is 6.24. The minimum Gasteiger partial charge on any atom is -0.324 e. The molecule has 6 heteroatoms.